The van der Waals surface area contributed by atoms with E-state index in [9.17, 15) is 4.79 Å². The molecule has 2 amide bonds. The van der Waals surface area contributed by atoms with Gasteiger partial charge in [0.05, 0.1) is 0 Å². The van der Waals surface area contributed by atoms with Crippen molar-refractivity contribution >= 4 is 11.7 Å². The zero-order valence-electron chi connectivity index (χ0n) is 12.3. The van der Waals surface area contributed by atoms with Crippen molar-refractivity contribution in [2.75, 3.05) is 11.4 Å². The fourth-order valence-electron chi connectivity index (χ4n) is 2.82. The number of hydrogen-bond acceptors (Lipinski definition) is 1. The Balaban J connectivity index is 1.71. The first-order chi connectivity index (χ1) is 10.3. The third-order valence-corrected chi connectivity index (χ3v) is 4.05. The van der Waals surface area contributed by atoms with Crippen LogP contribution < -0.4 is 10.2 Å². The van der Waals surface area contributed by atoms with Crippen LogP contribution in [0.3, 0.4) is 0 Å². The summed E-state index contributed by atoms with van der Waals surface area (Å²) in [5.74, 6) is 0. The highest BCUT2D eigenvalue weighted by Crippen LogP contribution is 2.26. The van der Waals surface area contributed by atoms with Crippen LogP contribution in [0.25, 0.3) is 0 Å². The van der Waals surface area contributed by atoms with Crippen LogP contribution in [0.5, 0.6) is 0 Å². The van der Waals surface area contributed by atoms with Gasteiger partial charge in [-0.05, 0) is 42.5 Å². The summed E-state index contributed by atoms with van der Waals surface area (Å²) < 4.78 is 0. The Morgan fingerprint density at radius 1 is 1.14 bits per heavy atom. The Morgan fingerprint density at radius 3 is 2.76 bits per heavy atom. The van der Waals surface area contributed by atoms with Gasteiger partial charge in [-0.2, -0.15) is 0 Å². The summed E-state index contributed by atoms with van der Waals surface area (Å²) in [7, 11) is 0. The van der Waals surface area contributed by atoms with Gasteiger partial charge < -0.3 is 5.32 Å². The van der Waals surface area contributed by atoms with Crippen molar-refractivity contribution in [2.45, 2.75) is 26.3 Å². The fourth-order valence-corrected chi connectivity index (χ4v) is 2.82. The van der Waals surface area contributed by atoms with Crippen LogP contribution in [0, 0.1) is 6.92 Å². The zero-order valence-corrected chi connectivity index (χ0v) is 12.3. The zero-order chi connectivity index (χ0) is 14.7. The van der Waals surface area contributed by atoms with Crippen LogP contribution in [0.2, 0.25) is 0 Å². The van der Waals surface area contributed by atoms with Gasteiger partial charge in [0, 0.05) is 18.8 Å². The highest BCUT2D eigenvalue weighted by Gasteiger charge is 2.21. The summed E-state index contributed by atoms with van der Waals surface area (Å²) in [6, 6.07) is 16.3. The van der Waals surface area contributed by atoms with Crippen LogP contribution in [0.15, 0.2) is 48.5 Å². The number of carbonyl (C=O) groups excluding carboxylic acids is 1. The summed E-state index contributed by atoms with van der Waals surface area (Å²) in [6.45, 7) is 3.43. The van der Waals surface area contributed by atoms with E-state index in [4.69, 9.17) is 0 Å². The molecule has 0 aromatic heterocycles. The summed E-state index contributed by atoms with van der Waals surface area (Å²) in [6.07, 6.45) is 2.08. The maximum atomic E-state index is 12.5. The van der Waals surface area contributed by atoms with Crippen molar-refractivity contribution in [2.24, 2.45) is 0 Å². The maximum absolute atomic E-state index is 12.5. The van der Waals surface area contributed by atoms with Gasteiger partial charge in [-0.3, -0.25) is 4.90 Å². The maximum Gasteiger partial charge on any atom is 0.322 e. The van der Waals surface area contributed by atoms with Gasteiger partial charge in [0.25, 0.3) is 0 Å². The van der Waals surface area contributed by atoms with E-state index < -0.39 is 0 Å². The molecule has 0 radical (unpaired) electrons. The van der Waals surface area contributed by atoms with Crippen LogP contribution in [0.1, 0.15) is 23.1 Å². The van der Waals surface area contributed by atoms with Crippen molar-refractivity contribution in [3.8, 4) is 0 Å². The number of nitrogens with zero attached hydrogens (tertiary/aromatic N) is 1. The SMILES string of the molecule is Cc1ccccc1CNC(=O)N1CCCc2ccccc21. The van der Waals surface area contributed by atoms with Crippen molar-refractivity contribution in [1.29, 1.82) is 0 Å². The van der Waals surface area contributed by atoms with Gasteiger partial charge in [-0.1, -0.05) is 42.5 Å². The molecule has 0 unspecified atom stereocenters. The van der Waals surface area contributed by atoms with Crippen LogP contribution in [0.4, 0.5) is 10.5 Å². The molecule has 3 rings (SSSR count). The van der Waals surface area contributed by atoms with Crippen molar-refractivity contribution < 1.29 is 4.79 Å². The lowest BCUT2D eigenvalue weighted by molar-refractivity contribution is 0.245. The molecule has 0 atom stereocenters. The van der Waals surface area contributed by atoms with E-state index in [2.05, 4.69) is 30.4 Å². The number of nitrogens with one attached hydrogen (secondary N) is 1. The molecule has 0 aliphatic carbocycles. The van der Waals surface area contributed by atoms with E-state index in [0.29, 0.717) is 6.54 Å². The van der Waals surface area contributed by atoms with E-state index in [1.165, 1.54) is 11.1 Å². The lowest BCUT2D eigenvalue weighted by Crippen LogP contribution is -2.42. The molecule has 0 spiro atoms. The molecule has 21 heavy (non-hydrogen) atoms. The molecule has 1 heterocycles. The monoisotopic (exact) mass is 280 g/mol. The molecule has 0 fully saturated rings. The van der Waals surface area contributed by atoms with E-state index in [1.54, 1.807) is 0 Å². The van der Waals surface area contributed by atoms with Gasteiger partial charge in [-0.15, -0.1) is 0 Å². The fraction of sp³-hybridized carbons (Fsp3) is 0.278. The first-order valence-corrected chi connectivity index (χ1v) is 7.43. The van der Waals surface area contributed by atoms with E-state index in [-0.39, 0.29) is 6.03 Å². The largest absolute Gasteiger partial charge is 0.334 e. The lowest BCUT2D eigenvalue weighted by Gasteiger charge is -2.29. The molecule has 3 nitrogen and oxygen atoms in total. The number of amides is 2. The smallest absolute Gasteiger partial charge is 0.322 e. The Kier molecular flexibility index (Phi) is 3.91. The number of benzene rings is 2. The number of rotatable bonds is 2. The molecular formula is C18H20N2O. The van der Waals surface area contributed by atoms with Crippen LogP contribution in [-0.2, 0) is 13.0 Å². The second-order valence-electron chi connectivity index (χ2n) is 5.47. The third kappa shape index (κ3) is 2.92. The summed E-state index contributed by atoms with van der Waals surface area (Å²) in [5, 5.41) is 3.04. The number of hydrogen-bond donors (Lipinski definition) is 1. The molecule has 0 bridgehead atoms. The first-order valence-electron chi connectivity index (χ1n) is 7.43. The summed E-state index contributed by atoms with van der Waals surface area (Å²) in [5.41, 5.74) is 4.67. The minimum atomic E-state index is -0.00889. The minimum absolute atomic E-state index is 0.00889. The molecule has 1 aliphatic heterocycles. The van der Waals surface area contributed by atoms with Crippen molar-refractivity contribution in [3.05, 3.63) is 65.2 Å². The van der Waals surface area contributed by atoms with Gasteiger partial charge in [0.1, 0.15) is 0 Å². The molecule has 0 saturated carbocycles. The predicted molar refractivity (Wildman–Crippen MR) is 85.5 cm³/mol. The number of urea groups is 1. The van der Waals surface area contributed by atoms with Crippen molar-refractivity contribution in [3.63, 3.8) is 0 Å². The normalized spacial score (nSPS) is 13.7. The molecule has 0 saturated heterocycles. The van der Waals surface area contributed by atoms with E-state index in [0.717, 1.165) is 30.6 Å². The molecule has 108 valence electrons. The molecule has 3 heteroatoms. The molecule has 2 aromatic carbocycles. The number of anilines is 1. The number of fused-ring (bicyclic) bond motifs is 1. The second-order valence-corrected chi connectivity index (χ2v) is 5.47. The Morgan fingerprint density at radius 2 is 1.90 bits per heavy atom. The summed E-state index contributed by atoms with van der Waals surface area (Å²) >= 11 is 0. The van der Waals surface area contributed by atoms with E-state index >= 15 is 0 Å². The Bertz CT molecular complexity index is 651. The van der Waals surface area contributed by atoms with Crippen molar-refractivity contribution in [1.82, 2.24) is 5.32 Å². The van der Waals surface area contributed by atoms with Gasteiger partial charge in [-0.25, -0.2) is 4.79 Å². The minimum Gasteiger partial charge on any atom is -0.334 e. The average molecular weight is 280 g/mol. The number of carbonyl (C=O) groups is 1. The first kappa shape index (κ1) is 13.7. The van der Waals surface area contributed by atoms with Gasteiger partial charge in [0.2, 0.25) is 0 Å². The van der Waals surface area contributed by atoms with Gasteiger partial charge >= 0.3 is 6.03 Å². The highest BCUT2D eigenvalue weighted by atomic mass is 16.2. The third-order valence-electron chi connectivity index (χ3n) is 4.05. The standard InChI is InChI=1S/C18H20N2O/c1-14-7-2-3-9-16(14)13-19-18(21)20-12-6-10-15-8-4-5-11-17(15)20/h2-5,7-9,11H,6,10,12-13H2,1H3,(H,19,21). The summed E-state index contributed by atoms with van der Waals surface area (Å²) in [4.78, 5) is 14.3. The average Bonchev–Trinajstić information content (AvgIpc) is 2.53. The number of aryl methyl sites for hydroxylation is 2. The Labute approximate surface area is 125 Å². The van der Waals surface area contributed by atoms with Gasteiger partial charge in [0.15, 0.2) is 0 Å². The van der Waals surface area contributed by atoms with E-state index in [1.807, 2.05) is 35.2 Å². The predicted octanol–water partition coefficient (Wildman–Crippen LogP) is 3.66. The van der Waals surface area contributed by atoms with Crippen LogP contribution >= 0.6 is 0 Å². The molecule has 1 aliphatic rings. The highest BCUT2D eigenvalue weighted by molar-refractivity contribution is 5.93. The second kappa shape index (κ2) is 6.00. The molecule has 1 N–H and O–H groups in total. The molecular weight excluding hydrogens is 260 g/mol. The topological polar surface area (TPSA) is 32.3 Å². The quantitative estimate of drug-likeness (QED) is 0.894. The lowest BCUT2D eigenvalue weighted by atomic mass is 10.0. The Hall–Kier alpha value is -2.29. The number of para-hydroxylation sites is 1. The molecule has 2 aromatic rings. The van der Waals surface area contributed by atoms with Crippen LogP contribution in [-0.4, -0.2) is 12.6 Å².